The van der Waals surface area contributed by atoms with Gasteiger partial charge in [0.15, 0.2) is 16.1 Å². The Kier molecular flexibility index (Phi) is 4.18. The lowest BCUT2D eigenvalue weighted by molar-refractivity contribution is 0.556. The Balaban J connectivity index is 1.58. The maximum Gasteiger partial charge on any atom is 0.229 e. The number of imidazole rings is 1. The van der Waals surface area contributed by atoms with Crippen LogP contribution in [0.2, 0.25) is 0 Å². The highest BCUT2D eigenvalue weighted by atomic mass is 32.3. The number of hydrogen-bond acceptors (Lipinski definition) is 6. The summed E-state index contributed by atoms with van der Waals surface area (Å²) in [5, 5.41) is 11.4. The first kappa shape index (κ1) is 18.6. The van der Waals surface area contributed by atoms with Crippen LogP contribution in [0.4, 0.5) is 11.6 Å². The summed E-state index contributed by atoms with van der Waals surface area (Å²) < 4.78 is 6.95. The van der Waals surface area contributed by atoms with Gasteiger partial charge in [0.05, 0.1) is 11.9 Å². The van der Waals surface area contributed by atoms with Gasteiger partial charge in [-0.1, -0.05) is 0 Å². The summed E-state index contributed by atoms with van der Waals surface area (Å²) >= 11 is 5.77. The lowest BCUT2D eigenvalue weighted by Crippen LogP contribution is -2.11. The largest absolute Gasteiger partial charge is 0.323 e. The second kappa shape index (κ2) is 6.53. The molecule has 1 fully saturated rings. The minimum atomic E-state index is -0.549. The molecule has 152 valence electrons. The molecule has 1 aliphatic rings. The van der Waals surface area contributed by atoms with Crippen molar-refractivity contribution in [2.75, 3.05) is 29.3 Å². The third kappa shape index (κ3) is 3.10. The summed E-state index contributed by atoms with van der Waals surface area (Å²) in [6.07, 6.45) is 11.5. The van der Waals surface area contributed by atoms with Crippen molar-refractivity contribution >= 4 is 50.7 Å². The summed E-state index contributed by atoms with van der Waals surface area (Å²) in [5.41, 5.74) is 4.66. The molecule has 1 unspecified atom stereocenters. The van der Waals surface area contributed by atoms with E-state index in [0.29, 0.717) is 12.0 Å². The summed E-state index contributed by atoms with van der Waals surface area (Å²) in [6, 6.07) is 2.40. The highest BCUT2D eigenvalue weighted by Gasteiger charge is 2.30. The Labute approximate surface area is 175 Å². The average Bonchev–Trinajstić information content (AvgIpc) is 3.33. The van der Waals surface area contributed by atoms with Crippen molar-refractivity contribution in [1.29, 1.82) is 0 Å². The van der Waals surface area contributed by atoms with Crippen LogP contribution in [0, 0.1) is 11.7 Å². The molecule has 8 nitrogen and oxygen atoms in total. The predicted octanol–water partition coefficient (Wildman–Crippen LogP) is 3.60. The van der Waals surface area contributed by atoms with E-state index >= 15 is 0 Å². The molecule has 0 amide bonds. The third-order valence-electron chi connectivity index (χ3n) is 5.73. The Hall–Kier alpha value is -2.46. The fraction of sp³-hybridized carbons (Fsp3) is 0.421. The van der Waals surface area contributed by atoms with E-state index in [1.807, 2.05) is 41.4 Å². The van der Waals surface area contributed by atoms with Gasteiger partial charge in [-0.3, -0.25) is 8.97 Å². The molecule has 0 bridgehead atoms. The SMILES string of the molecule is Cc1cc2nncn2cc1Nc1ncc2c(n1)n(C1CCS(C)(C)C1)c(=S)n2C. The molecule has 0 aliphatic carbocycles. The normalized spacial score (nSPS) is 19.8. The molecule has 0 spiro atoms. The van der Waals surface area contributed by atoms with Gasteiger partial charge in [0.25, 0.3) is 0 Å². The van der Waals surface area contributed by atoms with Crippen LogP contribution in [-0.2, 0) is 7.05 Å². The highest BCUT2D eigenvalue weighted by molar-refractivity contribution is 8.32. The Bertz CT molecular complexity index is 1300. The summed E-state index contributed by atoms with van der Waals surface area (Å²) in [7, 11) is 1.45. The van der Waals surface area contributed by atoms with Crippen LogP contribution in [-0.4, -0.2) is 57.7 Å². The van der Waals surface area contributed by atoms with Gasteiger partial charge in [-0.15, -0.1) is 10.2 Å². The first-order valence-corrected chi connectivity index (χ1v) is 12.7. The minimum absolute atomic E-state index is 0.411. The van der Waals surface area contributed by atoms with Crippen LogP contribution in [0.5, 0.6) is 0 Å². The third-order valence-corrected chi connectivity index (χ3v) is 8.83. The van der Waals surface area contributed by atoms with E-state index in [-0.39, 0.29) is 0 Å². The molecule has 0 aromatic carbocycles. The van der Waals surface area contributed by atoms with E-state index in [1.54, 1.807) is 6.33 Å². The van der Waals surface area contributed by atoms with Crippen molar-refractivity contribution < 1.29 is 0 Å². The number of pyridine rings is 1. The smallest absolute Gasteiger partial charge is 0.229 e. The van der Waals surface area contributed by atoms with E-state index < -0.39 is 10.0 Å². The van der Waals surface area contributed by atoms with E-state index in [1.165, 1.54) is 11.5 Å². The van der Waals surface area contributed by atoms with Crippen molar-refractivity contribution in [2.45, 2.75) is 19.4 Å². The lowest BCUT2D eigenvalue weighted by atomic mass is 10.2. The number of nitrogens with zero attached hydrogens (tertiary/aromatic N) is 7. The maximum atomic E-state index is 5.77. The van der Waals surface area contributed by atoms with Gasteiger partial charge < -0.3 is 9.88 Å². The minimum Gasteiger partial charge on any atom is -0.323 e. The Morgan fingerprint density at radius 1 is 1.31 bits per heavy atom. The van der Waals surface area contributed by atoms with Crippen LogP contribution in [0.1, 0.15) is 18.0 Å². The number of nitrogens with one attached hydrogen (secondary N) is 1. The first-order chi connectivity index (χ1) is 13.8. The Morgan fingerprint density at radius 2 is 2.14 bits per heavy atom. The molecule has 0 radical (unpaired) electrons. The number of anilines is 2. The monoisotopic (exact) mass is 428 g/mol. The van der Waals surface area contributed by atoms with Crippen LogP contribution in [0.25, 0.3) is 16.8 Å². The molecule has 1 N–H and O–H groups in total. The topological polar surface area (TPSA) is 77.9 Å². The molecule has 5 heterocycles. The summed E-state index contributed by atoms with van der Waals surface area (Å²) in [5.74, 6) is 3.03. The fourth-order valence-corrected chi connectivity index (χ4v) is 6.86. The van der Waals surface area contributed by atoms with Gasteiger partial charge in [-0.05, 0) is 61.2 Å². The second-order valence-electron chi connectivity index (χ2n) is 8.29. The zero-order valence-corrected chi connectivity index (χ0v) is 18.6. The first-order valence-electron chi connectivity index (χ1n) is 9.52. The molecular formula is C19H24N8S2. The fourth-order valence-electron chi connectivity index (χ4n) is 4.09. The molecule has 1 atom stereocenters. The van der Waals surface area contributed by atoms with Crippen molar-refractivity contribution in [3.05, 3.63) is 35.1 Å². The van der Waals surface area contributed by atoms with Crippen molar-refractivity contribution in [2.24, 2.45) is 7.05 Å². The molecule has 4 aromatic rings. The molecule has 0 saturated carbocycles. The van der Waals surface area contributed by atoms with Crippen LogP contribution in [0.15, 0.2) is 24.8 Å². The maximum absolute atomic E-state index is 5.77. The number of rotatable bonds is 3. The molecule has 1 aliphatic heterocycles. The molecule has 1 saturated heterocycles. The zero-order chi connectivity index (χ0) is 20.3. The van der Waals surface area contributed by atoms with Gasteiger partial charge in [-0.25, -0.2) is 15.0 Å². The number of aryl methyl sites for hydroxylation is 2. The number of hydrogen-bond donors (Lipinski definition) is 1. The number of aromatic nitrogens is 7. The van der Waals surface area contributed by atoms with Gasteiger partial charge in [0.2, 0.25) is 5.95 Å². The van der Waals surface area contributed by atoms with Crippen LogP contribution < -0.4 is 5.32 Å². The van der Waals surface area contributed by atoms with Crippen LogP contribution >= 0.6 is 22.2 Å². The lowest BCUT2D eigenvalue weighted by Gasteiger charge is -2.24. The molecule has 5 rings (SSSR count). The summed E-state index contributed by atoms with van der Waals surface area (Å²) in [6.45, 7) is 2.03. The van der Waals surface area contributed by atoms with Gasteiger partial charge >= 0.3 is 0 Å². The zero-order valence-electron chi connectivity index (χ0n) is 17.0. The quantitative estimate of drug-likeness (QED) is 0.502. The van der Waals surface area contributed by atoms with Gasteiger partial charge in [0, 0.05) is 19.3 Å². The van der Waals surface area contributed by atoms with Gasteiger partial charge in [0.1, 0.15) is 11.8 Å². The van der Waals surface area contributed by atoms with Crippen molar-refractivity contribution in [3.8, 4) is 0 Å². The second-order valence-corrected chi connectivity index (χ2v) is 12.9. The predicted molar refractivity (Wildman–Crippen MR) is 121 cm³/mol. The molecule has 4 aromatic heterocycles. The molecular weight excluding hydrogens is 404 g/mol. The van der Waals surface area contributed by atoms with Crippen molar-refractivity contribution in [1.82, 2.24) is 33.7 Å². The number of fused-ring (bicyclic) bond motifs is 2. The van der Waals surface area contributed by atoms with Crippen molar-refractivity contribution in [3.63, 3.8) is 0 Å². The molecule has 29 heavy (non-hydrogen) atoms. The summed E-state index contributed by atoms with van der Waals surface area (Å²) in [4.78, 5) is 9.42. The van der Waals surface area contributed by atoms with E-state index in [9.17, 15) is 0 Å². The van der Waals surface area contributed by atoms with Crippen LogP contribution in [0.3, 0.4) is 0 Å². The van der Waals surface area contributed by atoms with Gasteiger partial charge in [-0.2, -0.15) is 4.98 Å². The van der Waals surface area contributed by atoms with E-state index in [2.05, 4.69) is 37.6 Å². The standard InChI is InChI=1S/C19H24N8S2/c1-12-7-16-24-21-11-26(16)9-14(12)22-18-20-8-15-17(23-18)27(19(28)25(15)2)13-5-6-29(3,4)10-13/h7-9,11,13H,5-6,10H2,1-4H3,(H,20,22,23). The molecule has 10 heteroatoms. The Morgan fingerprint density at radius 3 is 2.90 bits per heavy atom. The average molecular weight is 429 g/mol. The van der Waals surface area contributed by atoms with E-state index in [0.717, 1.165) is 39.3 Å². The van der Waals surface area contributed by atoms with E-state index in [4.69, 9.17) is 17.2 Å². The highest BCUT2D eigenvalue weighted by Crippen LogP contribution is 2.51.